The maximum Gasteiger partial charge on any atom is 0.338 e. The first-order chi connectivity index (χ1) is 14.0. The molecular weight excluding hydrogens is 390 g/mol. The highest BCUT2D eigenvalue weighted by atomic mass is 35.5. The molecule has 2 aromatic carbocycles. The average Bonchev–Trinajstić information content (AvgIpc) is 3.41. The van der Waals surface area contributed by atoms with E-state index in [1.54, 1.807) is 48.5 Å². The Morgan fingerprint density at radius 2 is 1.52 bits per heavy atom. The Labute approximate surface area is 172 Å². The van der Waals surface area contributed by atoms with Crippen molar-refractivity contribution in [2.45, 2.75) is 13.0 Å². The molecule has 0 unspecified atom stereocenters. The van der Waals surface area contributed by atoms with E-state index in [2.05, 4.69) is 12.2 Å². The van der Waals surface area contributed by atoms with Crippen LogP contribution in [-0.2, 0) is 20.9 Å². The molecule has 2 fully saturated rings. The van der Waals surface area contributed by atoms with E-state index in [0.29, 0.717) is 16.3 Å². The van der Waals surface area contributed by atoms with E-state index in [9.17, 15) is 14.4 Å². The molecule has 0 N–H and O–H groups in total. The van der Waals surface area contributed by atoms with Crippen molar-refractivity contribution < 1.29 is 19.1 Å². The summed E-state index contributed by atoms with van der Waals surface area (Å²) >= 11 is 5.85. The van der Waals surface area contributed by atoms with Crippen LogP contribution in [0, 0.1) is 23.7 Å². The average molecular weight is 408 g/mol. The summed E-state index contributed by atoms with van der Waals surface area (Å²) in [6.45, 7) is 0.139. The molecule has 1 heterocycles. The number of halogens is 1. The zero-order chi connectivity index (χ0) is 20.1. The predicted molar refractivity (Wildman–Crippen MR) is 107 cm³/mol. The highest BCUT2D eigenvalue weighted by molar-refractivity contribution is 6.30. The lowest BCUT2D eigenvalue weighted by Gasteiger charge is -2.17. The number of rotatable bonds is 4. The van der Waals surface area contributed by atoms with Crippen molar-refractivity contribution in [3.63, 3.8) is 0 Å². The van der Waals surface area contributed by atoms with Crippen LogP contribution in [-0.4, -0.2) is 17.8 Å². The summed E-state index contributed by atoms with van der Waals surface area (Å²) in [6, 6.07) is 13.5. The number of hydrogen-bond donors (Lipinski definition) is 0. The predicted octanol–water partition coefficient (Wildman–Crippen LogP) is 4.01. The lowest BCUT2D eigenvalue weighted by Crippen LogP contribution is -2.32. The van der Waals surface area contributed by atoms with Crippen molar-refractivity contribution in [1.29, 1.82) is 0 Å². The van der Waals surface area contributed by atoms with E-state index in [-0.39, 0.29) is 42.1 Å². The van der Waals surface area contributed by atoms with Gasteiger partial charge in [-0.1, -0.05) is 35.9 Å². The molecule has 6 heteroatoms. The molecule has 0 spiro atoms. The van der Waals surface area contributed by atoms with E-state index in [1.807, 2.05) is 0 Å². The van der Waals surface area contributed by atoms with E-state index >= 15 is 0 Å². The maximum atomic E-state index is 12.9. The number of hydrogen-bond acceptors (Lipinski definition) is 4. The van der Waals surface area contributed by atoms with Crippen LogP contribution in [0.25, 0.3) is 0 Å². The van der Waals surface area contributed by atoms with Gasteiger partial charge in [-0.05, 0) is 60.2 Å². The fraction of sp³-hybridized carbons (Fsp3) is 0.261. The lowest BCUT2D eigenvalue weighted by atomic mass is 9.85. The number of nitrogens with zero attached hydrogens (tertiary/aromatic N) is 1. The van der Waals surface area contributed by atoms with Crippen LogP contribution in [0.4, 0.5) is 5.69 Å². The number of fused-ring (bicyclic) bond motifs is 5. The molecule has 5 rings (SSSR count). The minimum Gasteiger partial charge on any atom is -0.457 e. The molecule has 1 aliphatic heterocycles. The summed E-state index contributed by atoms with van der Waals surface area (Å²) in [5.74, 6) is -0.848. The quantitative estimate of drug-likeness (QED) is 0.436. The molecule has 2 amide bonds. The number of benzene rings is 2. The highest BCUT2D eigenvalue weighted by Crippen LogP contribution is 2.53. The van der Waals surface area contributed by atoms with Gasteiger partial charge in [0.2, 0.25) is 11.8 Å². The first-order valence-corrected chi connectivity index (χ1v) is 9.98. The van der Waals surface area contributed by atoms with Crippen LogP contribution >= 0.6 is 11.6 Å². The molecule has 2 aromatic rings. The van der Waals surface area contributed by atoms with Gasteiger partial charge in [0.1, 0.15) is 6.61 Å². The van der Waals surface area contributed by atoms with Gasteiger partial charge in [-0.15, -0.1) is 0 Å². The Balaban J connectivity index is 1.28. The van der Waals surface area contributed by atoms with Gasteiger partial charge in [0.25, 0.3) is 0 Å². The molecule has 1 saturated heterocycles. The third kappa shape index (κ3) is 2.97. The molecule has 0 aromatic heterocycles. The molecule has 4 atom stereocenters. The van der Waals surface area contributed by atoms with Crippen molar-refractivity contribution in [3.8, 4) is 0 Å². The second-order valence-corrected chi connectivity index (χ2v) is 8.20. The normalized spacial score (nSPS) is 26.9. The zero-order valence-corrected chi connectivity index (χ0v) is 16.2. The second kappa shape index (κ2) is 6.85. The number of imide groups is 1. The minimum atomic E-state index is -0.468. The van der Waals surface area contributed by atoms with Crippen molar-refractivity contribution >= 4 is 35.1 Å². The number of carbonyl (C=O) groups is 3. The fourth-order valence-corrected chi connectivity index (χ4v) is 4.84. The topological polar surface area (TPSA) is 63.7 Å². The first kappa shape index (κ1) is 18.1. The Hall–Kier alpha value is -2.92. The van der Waals surface area contributed by atoms with Crippen molar-refractivity contribution in [3.05, 3.63) is 76.8 Å². The van der Waals surface area contributed by atoms with Gasteiger partial charge in [-0.3, -0.25) is 14.5 Å². The molecule has 0 radical (unpaired) electrons. The molecular formula is C23H18ClNO4. The molecule has 2 aliphatic carbocycles. The number of carbonyl (C=O) groups excluding carboxylic acids is 3. The van der Waals surface area contributed by atoms with Crippen molar-refractivity contribution in [1.82, 2.24) is 0 Å². The third-order valence-electron chi connectivity index (χ3n) is 6.11. The summed E-state index contributed by atoms with van der Waals surface area (Å²) in [5.41, 5.74) is 1.70. The van der Waals surface area contributed by atoms with Gasteiger partial charge in [0.15, 0.2) is 0 Å². The van der Waals surface area contributed by atoms with E-state index in [1.165, 1.54) is 4.90 Å². The van der Waals surface area contributed by atoms with Crippen molar-refractivity contribution in [2.24, 2.45) is 23.7 Å². The Morgan fingerprint density at radius 1 is 0.931 bits per heavy atom. The minimum absolute atomic E-state index is 0.130. The number of ether oxygens (including phenoxy) is 1. The van der Waals surface area contributed by atoms with E-state index in [0.717, 1.165) is 12.0 Å². The largest absolute Gasteiger partial charge is 0.457 e. The third-order valence-corrected chi connectivity index (χ3v) is 6.37. The Bertz CT molecular complexity index is 998. The number of esters is 1. The molecule has 5 nitrogen and oxygen atoms in total. The summed E-state index contributed by atoms with van der Waals surface area (Å²) < 4.78 is 5.32. The van der Waals surface area contributed by atoms with Crippen LogP contribution in [0.5, 0.6) is 0 Å². The zero-order valence-electron chi connectivity index (χ0n) is 15.5. The smallest absolute Gasteiger partial charge is 0.338 e. The number of anilines is 1. The standard InChI is InChI=1S/C23H18ClNO4/c24-17-7-1-13(2-8-17)12-29-23(28)14-5-9-18(10-6-14)25-21(26)19-15-3-4-16(11-15)20(19)22(25)27/h1-10,15-16,19-20H,11-12H2/t15-,16-,19-,20+/m0/s1. The van der Waals surface area contributed by atoms with Gasteiger partial charge in [-0.2, -0.15) is 0 Å². The van der Waals surface area contributed by atoms with Crippen LogP contribution in [0.3, 0.4) is 0 Å². The molecule has 29 heavy (non-hydrogen) atoms. The monoisotopic (exact) mass is 407 g/mol. The SMILES string of the molecule is O=C(OCc1ccc(Cl)cc1)c1ccc(N2C(=O)[C@@H]3[C@H](C2=O)[C@H]2C=C[C@H]3C2)cc1. The van der Waals surface area contributed by atoms with Crippen LogP contribution in [0.1, 0.15) is 22.3 Å². The van der Waals surface area contributed by atoms with Crippen LogP contribution in [0.2, 0.25) is 5.02 Å². The van der Waals surface area contributed by atoms with E-state index in [4.69, 9.17) is 16.3 Å². The first-order valence-electron chi connectivity index (χ1n) is 9.61. The number of allylic oxidation sites excluding steroid dienone is 2. The summed E-state index contributed by atoms with van der Waals surface area (Å²) in [6.07, 6.45) is 5.04. The van der Waals surface area contributed by atoms with Gasteiger partial charge >= 0.3 is 5.97 Å². The fourth-order valence-electron chi connectivity index (χ4n) is 4.72. The summed E-state index contributed by atoms with van der Waals surface area (Å²) in [7, 11) is 0. The lowest BCUT2D eigenvalue weighted by molar-refractivity contribution is -0.123. The maximum absolute atomic E-state index is 12.9. The van der Waals surface area contributed by atoms with E-state index < -0.39 is 5.97 Å². The molecule has 1 saturated carbocycles. The molecule has 2 bridgehead atoms. The second-order valence-electron chi connectivity index (χ2n) is 7.76. The Morgan fingerprint density at radius 3 is 2.10 bits per heavy atom. The van der Waals surface area contributed by atoms with Gasteiger partial charge in [0.05, 0.1) is 23.1 Å². The van der Waals surface area contributed by atoms with Crippen LogP contribution < -0.4 is 4.90 Å². The Kier molecular flexibility index (Phi) is 4.28. The van der Waals surface area contributed by atoms with Gasteiger partial charge < -0.3 is 4.74 Å². The van der Waals surface area contributed by atoms with Gasteiger partial charge in [0, 0.05) is 5.02 Å². The van der Waals surface area contributed by atoms with Crippen LogP contribution in [0.15, 0.2) is 60.7 Å². The van der Waals surface area contributed by atoms with Gasteiger partial charge in [-0.25, -0.2) is 4.79 Å². The number of amides is 2. The molecule has 146 valence electrons. The summed E-state index contributed by atoms with van der Waals surface area (Å²) in [4.78, 5) is 39.3. The van der Waals surface area contributed by atoms with Crippen molar-refractivity contribution in [2.75, 3.05) is 4.90 Å². The molecule has 3 aliphatic rings. The summed E-state index contributed by atoms with van der Waals surface area (Å²) in [5, 5.41) is 0.620. The highest BCUT2D eigenvalue weighted by Gasteiger charge is 2.59.